The molecule has 1 aromatic carbocycles. The highest BCUT2D eigenvalue weighted by Gasteiger charge is 2.00. The van der Waals surface area contributed by atoms with Crippen LogP contribution in [0.25, 0.3) is 23.6 Å². The first kappa shape index (κ1) is 7.92. The Morgan fingerprint density at radius 1 is 1.38 bits per heavy atom. The van der Waals surface area contributed by atoms with E-state index in [1.807, 2.05) is 37.3 Å². The highest BCUT2D eigenvalue weighted by molar-refractivity contribution is 5.81. The average molecular weight is 172 g/mol. The summed E-state index contributed by atoms with van der Waals surface area (Å²) in [5.74, 6) is 5.90. The Kier molecular flexibility index (Phi) is 1.62. The molecule has 0 fully saturated rings. The van der Waals surface area contributed by atoms with Gasteiger partial charge in [0, 0.05) is 10.6 Å². The molecule has 0 bridgehead atoms. The fraction of sp³-hybridized carbons (Fsp3) is 0.0909. The zero-order chi connectivity index (χ0) is 9.42. The lowest BCUT2D eigenvalue weighted by molar-refractivity contribution is 1.01. The minimum Gasteiger partial charge on any atom is -0.339 e. The third-order valence-corrected chi connectivity index (χ3v) is 2.33. The minimum absolute atomic E-state index is 0.987. The van der Waals surface area contributed by atoms with Gasteiger partial charge < -0.3 is 5.84 Å². The van der Waals surface area contributed by atoms with E-state index < -0.39 is 0 Å². The number of fused-ring (bicyclic) bond motifs is 1. The second-order valence-corrected chi connectivity index (χ2v) is 3.04. The van der Waals surface area contributed by atoms with Gasteiger partial charge in [-0.05, 0) is 13.0 Å². The molecule has 0 spiro atoms. The Hall–Kier alpha value is -1.70. The van der Waals surface area contributed by atoms with Gasteiger partial charge in [-0.1, -0.05) is 30.9 Å². The van der Waals surface area contributed by atoms with Gasteiger partial charge in [-0.2, -0.15) is 0 Å². The third-order valence-electron chi connectivity index (χ3n) is 2.33. The SMILES string of the molecule is C=c1/c(=C\C)n(N)c2ccccc12. The molecule has 1 aromatic heterocycles. The van der Waals surface area contributed by atoms with Crippen molar-refractivity contribution in [3.05, 3.63) is 34.8 Å². The quantitative estimate of drug-likeness (QED) is 0.578. The number of rotatable bonds is 0. The fourth-order valence-electron chi connectivity index (χ4n) is 1.67. The maximum atomic E-state index is 5.90. The molecule has 2 N–H and O–H groups in total. The van der Waals surface area contributed by atoms with E-state index in [-0.39, 0.29) is 0 Å². The van der Waals surface area contributed by atoms with Crippen LogP contribution in [-0.2, 0) is 0 Å². The molecular formula is C11H12N2. The zero-order valence-electron chi connectivity index (χ0n) is 7.62. The lowest BCUT2D eigenvalue weighted by Crippen LogP contribution is -2.32. The van der Waals surface area contributed by atoms with Crippen LogP contribution in [0.5, 0.6) is 0 Å². The molecule has 2 heteroatoms. The monoisotopic (exact) mass is 172 g/mol. The maximum Gasteiger partial charge on any atom is 0.0703 e. The molecule has 0 aliphatic carbocycles. The summed E-state index contributed by atoms with van der Waals surface area (Å²) < 4.78 is 1.68. The molecule has 0 saturated heterocycles. The molecule has 2 nitrogen and oxygen atoms in total. The number of hydrogen-bond acceptors (Lipinski definition) is 1. The van der Waals surface area contributed by atoms with E-state index >= 15 is 0 Å². The number of aromatic nitrogens is 1. The van der Waals surface area contributed by atoms with E-state index in [1.54, 1.807) is 4.68 Å². The van der Waals surface area contributed by atoms with Gasteiger partial charge in [0.25, 0.3) is 0 Å². The molecule has 0 aliphatic rings. The molecule has 2 aromatic rings. The summed E-state index contributed by atoms with van der Waals surface area (Å²) in [4.78, 5) is 0. The summed E-state index contributed by atoms with van der Waals surface area (Å²) in [6.45, 7) is 5.97. The van der Waals surface area contributed by atoms with Gasteiger partial charge in [-0.15, -0.1) is 0 Å². The Labute approximate surface area is 76.6 Å². The molecule has 0 atom stereocenters. The van der Waals surface area contributed by atoms with Crippen molar-refractivity contribution in [1.82, 2.24) is 4.68 Å². The van der Waals surface area contributed by atoms with Crippen molar-refractivity contribution in [2.75, 3.05) is 5.84 Å². The molecule has 66 valence electrons. The van der Waals surface area contributed by atoms with Gasteiger partial charge in [0.2, 0.25) is 0 Å². The van der Waals surface area contributed by atoms with Gasteiger partial charge in [-0.3, -0.25) is 4.68 Å². The van der Waals surface area contributed by atoms with E-state index in [4.69, 9.17) is 5.84 Å². The fourth-order valence-corrected chi connectivity index (χ4v) is 1.67. The molecule has 0 unspecified atom stereocenters. The van der Waals surface area contributed by atoms with E-state index in [0.29, 0.717) is 0 Å². The second-order valence-electron chi connectivity index (χ2n) is 3.04. The van der Waals surface area contributed by atoms with Crippen LogP contribution >= 0.6 is 0 Å². The summed E-state index contributed by atoms with van der Waals surface area (Å²) in [5.41, 5.74) is 1.03. The highest BCUT2D eigenvalue weighted by atomic mass is 15.3. The molecule has 0 saturated carbocycles. The normalized spacial score (nSPS) is 12.5. The minimum atomic E-state index is 0.987. The molecule has 1 heterocycles. The molecule has 0 amide bonds. The zero-order valence-corrected chi connectivity index (χ0v) is 7.62. The van der Waals surface area contributed by atoms with Crippen LogP contribution < -0.4 is 16.4 Å². The highest BCUT2D eigenvalue weighted by Crippen LogP contribution is 2.04. The molecule has 13 heavy (non-hydrogen) atoms. The third kappa shape index (κ3) is 0.952. The van der Waals surface area contributed by atoms with Gasteiger partial charge >= 0.3 is 0 Å². The standard InChI is InChI=1S/C11H12N2/c1-3-10-8(2)9-6-4-5-7-11(9)13(10)12/h3-7H,2,12H2,1H3/b10-3+. The van der Waals surface area contributed by atoms with E-state index in [1.165, 1.54) is 0 Å². The Morgan fingerprint density at radius 2 is 2.08 bits per heavy atom. The van der Waals surface area contributed by atoms with Crippen molar-refractivity contribution >= 4 is 23.6 Å². The van der Waals surface area contributed by atoms with Crippen molar-refractivity contribution in [2.24, 2.45) is 0 Å². The molecule has 0 aliphatic heterocycles. The molecule has 0 radical (unpaired) electrons. The molecular weight excluding hydrogens is 160 g/mol. The van der Waals surface area contributed by atoms with Gasteiger partial charge in [-0.25, -0.2) is 0 Å². The van der Waals surface area contributed by atoms with Crippen LogP contribution in [0, 0.1) is 0 Å². The summed E-state index contributed by atoms with van der Waals surface area (Å²) >= 11 is 0. The predicted molar refractivity (Wildman–Crippen MR) is 57.0 cm³/mol. The number of benzene rings is 1. The van der Waals surface area contributed by atoms with E-state index in [9.17, 15) is 0 Å². The van der Waals surface area contributed by atoms with E-state index in [0.717, 1.165) is 21.5 Å². The number of hydrogen-bond donors (Lipinski definition) is 1. The van der Waals surface area contributed by atoms with Crippen LogP contribution in [0.4, 0.5) is 0 Å². The first-order chi connectivity index (χ1) is 6.25. The Morgan fingerprint density at radius 3 is 2.69 bits per heavy atom. The Balaban J connectivity index is 3.16. The van der Waals surface area contributed by atoms with Gasteiger partial charge in [0.05, 0.1) is 10.9 Å². The second kappa shape index (κ2) is 2.66. The first-order valence-corrected chi connectivity index (χ1v) is 4.25. The van der Waals surface area contributed by atoms with Crippen molar-refractivity contribution in [1.29, 1.82) is 0 Å². The number of nitrogens with two attached hydrogens (primary N) is 1. The summed E-state index contributed by atoms with van der Waals surface area (Å²) in [7, 11) is 0. The van der Waals surface area contributed by atoms with Crippen LogP contribution in [-0.4, -0.2) is 4.68 Å². The van der Waals surface area contributed by atoms with Crippen LogP contribution in [0.15, 0.2) is 24.3 Å². The average Bonchev–Trinajstić information content (AvgIpc) is 2.41. The predicted octanol–water partition coefficient (Wildman–Crippen LogP) is 0.566. The van der Waals surface area contributed by atoms with Crippen molar-refractivity contribution in [2.45, 2.75) is 6.92 Å². The molecule has 2 rings (SSSR count). The number of nitrogens with zero attached hydrogens (tertiary/aromatic N) is 1. The largest absolute Gasteiger partial charge is 0.339 e. The van der Waals surface area contributed by atoms with Crippen LogP contribution in [0.2, 0.25) is 0 Å². The van der Waals surface area contributed by atoms with Gasteiger partial charge in [0.15, 0.2) is 0 Å². The topological polar surface area (TPSA) is 30.9 Å². The van der Waals surface area contributed by atoms with E-state index in [2.05, 4.69) is 6.58 Å². The van der Waals surface area contributed by atoms with Crippen molar-refractivity contribution < 1.29 is 0 Å². The maximum absolute atomic E-state index is 5.90. The Bertz CT molecular complexity index is 549. The smallest absolute Gasteiger partial charge is 0.0703 e. The lowest BCUT2D eigenvalue weighted by Gasteiger charge is -1.94. The van der Waals surface area contributed by atoms with Crippen molar-refractivity contribution in [3.63, 3.8) is 0 Å². The summed E-state index contributed by atoms with van der Waals surface area (Å²) in [6.07, 6.45) is 1.97. The van der Waals surface area contributed by atoms with Gasteiger partial charge in [0.1, 0.15) is 0 Å². The lowest BCUT2D eigenvalue weighted by atomic mass is 10.2. The van der Waals surface area contributed by atoms with Crippen LogP contribution in [0.3, 0.4) is 0 Å². The first-order valence-electron chi connectivity index (χ1n) is 4.25. The number of para-hydroxylation sites is 1. The van der Waals surface area contributed by atoms with Crippen LogP contribution in [0.1, 0.15) is 6.92 Å². The summed E-state index contributed by atoms with van der Waals surface area (Å²) in [5, 5.41) is 3.11. The van der Waals surface area contributed by atoms with Crippen molar-refractivity contribution in [3.8, 4) is 0 Å². The number of nitrogen functional groups attached to an aromatic ring is 1. The summed E-state index contributed by atoms with van der Waals surface area (Å²) in [6, 6.07) is 8.01.